The van der Waals surface area contributed by atoms with Crippen LogP contribution in [0.15, 0.2) is 52.5 Å². The van der Waals surface area contributed by atoms with Crippen LogP contribution < -0.4 is 5.32 Å². The van der Waals surface area contributed by atoms with Gasteiger partial charge in [-0.1, -0.05) is 27.4 Å². The minimum absolute atomic E-state index is 0.0607. The van der Waals surface area contributed by atoms with Gasteiger partial charge in [0, 0.05) is 17.0 Å². The van der Waals surface area contributed by atoms with Crippen LogP contribution in [0.3, 0.4) is 0 Å². The first-order chi connectivity index (χ1) is 13.6. The maximum absolute atomic E-state index is 12.7. The van der Waals surface area contributed by atoms with Gasteiger partial charge in [-0.25, -0.2) is 4.99 Å². The lowest BCUT2D eigenvalue weighted by Crippen LogP contribution is -2.25. The van der Waals surface area contributed by atoms with E-state index in [0.29, 0.717) is 28.4 Å². The molecule has 8 nitrogen and oxygen atoms in total. The highest BCUT2D eigenvalue weighted by Gasteiger charge is 2.25. The fourth-order valence-electron chi connectivity index (χ4n) is 2.52. The van der Waals surface area contributed by atoms with Crippen molar-refractivity contribution in [2.45, 2.75) is 33.1 Å². The average Bonchev–Trinajstić information content (AvgIpc) is 3.10. The van der Waals surface area contributed by atoms with Crippen molar-refractivity contribution in [3.05, 3.63) is 59.3 Å². The molecule has 0 aliphatic carbocycles. The van der Waals surface area contributed by atoms with E-state index in [1.807, 2.05) is 26.8 Å². The summed E-state index contributed by atoms with van der Waals surface area (Å²) in [6.07, 6.45) is 0. The second kappa shape index (κ2) is 7.28. The van der Waals surface area contributed by atoms with Crippen molar-refractivity contribution in [2.24, 2.45) is 9.98 Å². The summed E-state index contributed by atoms with van der Waals surface area (Å²) < 4.78 is 1.34. The largest absolute Gasteiger partial charge is 0.306 e. The van der Waals surface area contributed by atoms with Crippen LogP contribution in [0.25, 0.3) is 0 Å². The summed E-state index contributed by atoms with van der Waals surface area (Å²) in [4.78, 5) is 33.0. The fourth-order valence-corrected chi connectivity index (χ4v) is 2.52. The monoisotopic (exact) mass is 388 g/mol. The Balaban J connectivity index is 2.01. The topological polar surface area (TPSA) is 112 Å². The summed E-state index contributed by atoms with van der Waals surface area (Å²) >= 11 is 0. The molecule has 0 saturated heterocycles. The Bertz CT molecular complexity index is 1120. The third-order valence-corrected chi connectivity index (χ3v) is 4.35. The highest BCUT2D eigenvalue weighted by Crippen LogP contribution is 2.25. The van der Waals surface area contributed by atoms with Crippen molar-refractivity contribution in [3.8, 4) is 6.07 Å². The van der Waals surface area contributed by atoms with E-state index in [2.05, 4.69) is 27.0 Å². The first-order valence-corrected chi connectivity index (χ1v) is 8.90. The average molecular weight is 388 g/mol. The molecule has 1 aromatic carbocycles. The van der Waals surface area contributed by atoms with Gasteiger partial charge < -0.3 is 5.32 Å². The van der Waals surface area contributed by atoms with Crippen LogP contribution in [0.2, 0.25) is 0 Å². The third kappa shape index (κ3) is 4.04. The number of amides is 2. The van der Waals surface area contributed by atoms with Gasteiger partial charge in [0.05, 0.1) is 28.6 Å². The summed E-state index contributed by atoms with van der Waals surface area (Å²) in [5.74, 6) is -0.487. The number of carbonyl (C=O) groups is 2. The van der Waals surface area contributed by atoms with Crippen LogP contribution in [-0.4, -0.2) is 33.3 Å². The molecule has 1 aromatic heterocycles. The van der Waals surface area contributed by atoms with Crippen LogP contribution in [0.1, 0.15) is 49.3 Å². The molecule has 2 amide bonds. The van der Waals surface area contributed by atoms with Gasteiger partial charge in [-0.2, -0.15) is 20.0 Å². The van der Waals surface area contributed by atoms with E-state index in [1.165, 1.54) is 4.68 Å². The normalized spacial score (nSPS) is 14.2. The van der Waals surface area contributed by atoms with E-state index in [9.17, 15) is 9.59 Å². The number of hydrogen-bond donors (Lipinski definition) is 1. The number of rotatable bonds is 2. The summed E-state index contributed by atoms with van der Waals surface area (Å²) in [7, 11) is 0. The zero-order valence-corrected chi connectivity index (χ0v) is 16.6. The van der Waals surface area contributed by atoms with Crippen molar-refractivity contribution in [1.82, 2.24) is 9.78 Å². The van der Waals surface area contributed by atoms with Gasteiger partial charge in [0.1, 0.15) is 5.82 Å². The SMILES string of the molecule is C=C1C(=O)N=C(n2nc(C(C)(C)C)cc2NC(=O)c2ccc(C#N)cc2)N=C1C. The Morgan fingerprint density at radius 1 is 1.21 bits per heavy atom. The Hall–Kier alpha value is -3.86. The highest BCUT2D eigenvalue weighted by molar-refractivity contribution is 6.28. The molecule has 1 aliphatic rings. The van der Waals surface area contributed by atoms with E-state index in [0.717, 1.165) is 0 Å². The lowest BCUT2D eigenvalue weighted by atomic mass is 9.92. The molecule has 0 radical (unpaired) electrons. The molecule has 146 valence electrons. The summed E-state index contributed by atoms with van der Waals surface area (Å²) in [6.45, 7) is 11.3. The zero-order chi connectivity index (χ0) is 21.3. The molecule has 0 unspecified atom stereocenters. The molecular weight excluding hydrogens is 368 g/mol. The predicted octanol–water partition coefficient (Wildman–Crippen LogP) is 3.07. The first-order valence-electron chi connectivity index (χ1n) is 8.90. The standard InChI is InChI=1S/C21H20N6O2/c1-12-13(2)23-20(25-18(12)28)27-17(10-16(26-27)21(3,4)5)24-19(29)15-8-6-14(11-22)7-9-15/h6-10H,1H2,2-5H3,(H,24,29). The minimum Gasteiger partial charge on any atom is -0.306 e. The number of aromatic nitrogens is 2. The van der Waals surface area contributed by atoms with E-state index < -0.39 is 5.91 Å². The van der Waals surface area contributed by atoms with Crippen LogP contribution in [-0.2, 0) is 10.2 Å². The molecule has 1 N–H and O–H groups in total. The van der Waals surface area contributed by atoms with Gasteiger partial charge in [0.15, 0.2) is 0 Å². The number of aliphatic imine (C=N–C) groups is 2. The molecule has 1 aliphatic heterocycles. The molecule has 2 aromatic rings. The van der Waals surface area contributed by atoms with Crippen LogP contribution >= 0.6 is 0 Å². The van der Waals surface area contributed by atoms with Gasteiger partial charge in [-0.05, 0) is 31.2 Å². The molecule has 0 saturated carbocycles. The van der Waals surface area contributed by atoms with Gasteiger partial charge in [-0.3, -0.25) is 9.59 Å². The van der Waals surface area contributed by atoms with Crippen molar-refractivity contribution in [2.75, 3.05) is 5.32 Å². The maximum atomic E-state index is 12.7. The molecule has 0 bridgehead atoms. The van der Waals surface area contributed by atoms with E-state index in [-0.39, 0.29) is 22.9 Å². The summed E-state index contributed by atoms with van der Waals surface area (Å²) in [5, 5.41) is 16.2. The highest BCUT2D eigenvalue weighted by atomic mass is 16.2. The number of benzene rings is 1. The van der Waals surface area contributed by atoms with Gasteiger partial charge >= 0.3 is 0 Å². The number of carbonyl (C=O) groups excluding carboxylic acids is 2. The molecule has 0 fully saturated rings. The van der Waals surface area contributed by atoms with E-state index in [4.69, 9.17) is 5.26 Å². The molecule has 0 spiro atoms. The fraction of sp³-hybridized carbons (Fsp3) is 0.238. The number of nitrogens with one attached hydrogen (secondary N) is 1. The van der Waals surface area contributed by atoms with Gasteiger partial charge in [0.2, 0.25) is 0 Å². The van der Waals surface area contributed by atoms with Crippen LogP contribution in [0, 0.1) is 11.3 Å². The Labute approximate surface area is 168 Å². The Morgan fingerprint density at radius 3 is 2.41 bits per heavy atom. The maximum Gasteiger partial charge on any atom is 0.281 e. The quantitative estimate of drug-likeness (QED) is 0.797. The Morgan fingerprint density at radius 2 is 1.86 bits per heavy atom. The molecular formula is C21H20N6O2. The predicted molar refractivity (Wildman–Crippen MR) is 110 cm³/mol. The smallest absolute Gasteiger partial charge is 0.281 e. The number of nitriles is 1. The first kappa shape index (κ1) is 19.9. The number of nitrogens with zero attached hydrogens (tertiary/aromatic N) is 5. The lowest BCUT2D eigenvalue weighted by molar-refractivity contribution is -0.113. The molecule has 0 atom stereocenters. The van der Waals surface area contributed by atoms with Crippen molar-refractivity contribution < 1.29 is 9.59 Å². The van der Waals surface area contributed by atoms with Gasteiger partial charge in [0.25, 0.3) is 17.8 Å². The second-order valence-corrected chi connectivity index (χ2v) is 7.61. The van der Waals surface area contributed by atoms with E-state index in [1.54, 1.807) is 37.3 Å². The Kier molecular flexibility index (Phi) is 4.99. The zero-order valence-electron chi connectivity index (χ0n) is 16.6. The summed E-state index contributed by atoms with van der Waals surface area (Å²) in [5.41, 5.74) is 1.89. The third-order valence-electron chi connectivity index (χ3n) is 4.35. The van der Waals surface area contributed by atoms with Crippen LogP contribution in [0.4, 0.5) is 5.82 Å². The molecule has 8 heteroatoms. The molecule has 2 heterocycles. The van der Waals surface area contributed by atoms with Crippen molar-refractivity contribution in [3.63, 3.8) is 0 Å². The molecule has 3 rings (SSSR count). The van der Waals surface area contributed by atoms with Gasteiger partial charge in [-0.15, -0.1) is 0 Å². The minimum atomic E-state index is -0.496. The molecule has 29 heavy (non-hydrogen) atoms. The number of anilines is 1. The van der Waals surface area contributed by atoms with E-state index >= 15 is 0 Å². The lowest BCUT2D eigenvalue weighted by Gasteiger charge is -2.14. The van der Waals surface area contributed by atoms with Crippen molar-refractivity contribution >= 4 is 29.3 Å². The summed E-state index contributed by atoms with van der Waals surface area (Å²) in [6, 6.07) is 9.99. The number of hydrogen-bond acceptors (Lipinski definition) is 5. The van der Waals surface area contributed by atoms with Crippen molar-refractivity contribution in [1.29, 1.82) is 5.26 Å². The second-order valence-electron chi connectivity index (χ2n) is 7.61. The van der Waals surface area contributed by atoms with Crippen LogP contribution in [0.5, 0.6) is 0 Å².